The lowest BCUT2D eigenvalue weighted by molar-refractivity contribution is 0.179. The van der Waals surface area contributed by atoms with E-state index in [0.717, 1.165) is 0 Å². The molecule has 10 heavy (non-hydrogen) atoms. The van der Waals surface area contributed by atoms with Gasteiger partial charge in [-0.05, 0) is 0 Å². The first-order chi connectivity index (χ1) is 4.56. The van der Waals surface area contributed by atoms with Crippen molar-refractivity contribution in [3.8, 4) is 0 Å². The molecule has 60 valence electrons. The Balaban J connectivity index is 3.29. The van der Waals surface area contributed by atoms with E-state index >= 15 is 0 Å². The van der Waals surface area contributed by atoms with Crippen LogP contribution >= 0.6 is 0 Å². The normalized spacial score (nSPS) is 11.3. The number of hydrogen-bond donors (Lipinski definition) is 1. The van der Waals surface area contributed by atoms with Crippen molar-refractivity contribution in [1.29, 1.82) is 0 Å². The van der Waals surface area contributed by atoms with Crippen LogP contribution in [0.1, 0.15) is 0 Å². The zero-order valence-electron chi connectivity index (χ0n) is 5.62. The summed E-state index contributed by atoms with van der Waals surface area (Å²) in [6.07, 6.45) is 1.54. The van der Waals surface area contributed by atoms with Crippen molar-refractivity contribution in [1.82, 2.24) is 0 Å². The van der Waals surface area contributed by atoms with Gasteiger partial charge in [-0.15, -0.1) is 6.58 Å². The van der Waals surface area contributed by atoms with Gasteiger partial charge >= 0.3 is 0 Å². The summed E-state index contributed by atoms with van der Waals surface area (Å²) in [6.45, 7) is 3.88. The Kier molecular flexibility index (Phi) is 4.26. The molecule has 0 aliphatic rings. The van der Waals surface area contributed by atoms with E-state index in [9.17, 15) is 8.42 Å². The summed E-state index contributed by atoms with van der Waals surface area (Å²) < 4.78 is 25.3. The van der Waals surface area contributed by atoms with Crippen molar-refractivity contribution in [2.24, 2.45) is 5.14 Å². The van der Waals surface area contributed by atoms with Crippen LogP contribution in [0, 0.1) is 0 Å². The number of hydrogen-bond acceptors (Lipinski definition) is 3. The summed E-state index contributed by atoms with van der Waals surface area (Å²) in [5.41, 5.74) is 0. The zero-order valence-corrected chi connectivity index (χ0v) is 6.43. The third kappa shape index (κ3) is 7.61. The highest BCUT2D eigenvalue weighted by Crippen LogP contribution is 1.80. The summed E-state index contributed by atoms with van der Waals surface area (Å²) in [7, 11) is -3.36. The van der Waals surface area contributed by atoms with E-state index in [1.165, 1.54) is 0 Å². The molecule has 0 fully saturated rings. The maximum Gasteiger partial charge on any atom is 0.211 e. The van der Waals surface area contributed by atoms with Crippen molar-refractivity contribution in [2.75, 3.05) is 19.0 Å². The van der Waals surface area contributed by atoms with Gasteiger partial charge in [0.25, 0.3) is 0 Å². The van der Waals surface area contributed by atoms with Crippen molar-refractivity contribution < 1.29 is 13.2 Å². The van der Waals surface area contributed by atoms with Crippen molar-refractivity contribution in [3.63, 3.8) is 0 Å². The predicted molar refractivity (Wildman–Crippen MR) is 39.0 cm³/mol. The molecule has 0 aliphatic carbocycles. The van der Waals surface area contributed by atoms with E-state index in [1.807, 2.05) is 0 Å². The van der Waals surface area contributed by atoms with E-state index in [0.29, 0.717) is 6.61 Å². The van der Waals surface area contributed by atoms with Crippen molar-refractivity contribution in [3.05, 3.63) is 12.7 Å². The highest BCUT2D eigenvalue weighted by molar-refractivity contribution is 7.89. The number of sulfonamides is 1. The highest BCUT2D eigenvalue weighted by Gasteiger charge is 1.99. The molecule has 0 spiro atoms. The summed E-state index contributed by atoms with van der Waals surface area (Å²) in [6, 6.07) is 0. The Hall–Kier alpha value is -0.390. The van der Waals surface area contributed by atoms with Crippen LogP contribution in [0.3, 0.4) is 0 Å². The van der Waals surface area contributed by atoms with Gasteiger partial charge in [-0.1, -0.05) is 6.08 Å². The average Bonchev–Trinajstić information content (AvgIpc) is 1.78. The summed E-state index contributed by atoms with van der Waals surface area (Å²) in [5.74, 6) is -0.138. The van der Waals surface area contributed by atoms with Crippen molar-refractivity contribution >= 4 is 10.0 Å². The fraction of sp³-hybridized carbons (Fsp3) is 0.600. The van der Waals surface area contributed by atoms with Crippen LogP contribution in [0.4, 0.5) is 0 Å². The molecule has 0 atom stereocenters. The first kappa shape index (κ1) is 9.61. The van der Waals surface area contributed by atoms with Gasteiger partial charge in [0.05, 0.1) is 19.0 Å². The van der Waals surface area contributed by atoms with Gasteiger partial charge < -0.3 is 4.74 Å². The standard InChI is InChI=1S/C5H11NO3S/c1-2-3-9-4-5-10(6,7)8/h2H,1,3-5H2,(H2,6,7,8). The van der Waals surface area contributed by atoms with Crippen molar-refractivity contribution in [2.45, 2.75) is 0 Å². The van der Waals surface area contributed by atoms with E-state index in [4.69, 9.17) is 4.74 Å². The third-order valence-electron chi connectivity index (χ3n) is 0.748. The molecule has 0 aromatic rings. The van der Waals surface area contributed by atoms with Crippen LogP contribution in [0.15, 0.2) is 12.7 Å². The molecule has 0 saturated carbocycles. The molecule has 5 heteroatoms. The van der Waals surface area contributed by atoms with Gasteiger partial charge in [0, 0.05) is 0 Å². The number of primary sulfonamides is 1. The summed E-state index contributed by atoms with van der Waals surface area (Å²) in [4.78, 5) is 0. The second kappa shape index (κ2) is 4.43. The van der Waals surface area contributed by atoms with Gasteiger partial charge in [-0.25, -0.2) is 13.6 Å². The average molecular weight is 165 g/mol. The lowest BCUT2D eigenvalue weighted by Crippen LogP contribution is -2.20. The van der Waals surface area contributed by atoms with Gasteiger partial charge in [0.2, 0.25) is 10.0 Å². The minimum atomic E-state index is -3.36. The first-order valence-electron chi connectivity index (χ1n) is 2.75. The summed E-state index contributed by atoms with van der Waals surface area (Å²) in [5, 5.41) is 4.68. The molecule has 0 unspecified atom stereocenters. The molecule has 0 heterocycles. The molecule has 0 bridgehead atoms. The van der Waals surface area contributed by atoms with Gasteiger partial charge in [0.1, 0.15) is 0 Å². The highest BCUT2D eigenvalue weighted by atomic mass is 32.2. The van der Waals surface area contributed by atoms with E-state index in [1.54, 1.807) is 6.08 Å². The molecule has 0 aliphatic heterocycles. The SMILES string of the molecule is C=CCOCCS(N)(=O)=O. The summed E-state index contributed by atoms with van der Waals surface area (Å²) >= 11 is 0. The van der Waals surface area contributed by atoms with Crippen LogP contribution in [0.25, 0.3) is 0 Å². The monoisotopic (exact) mass is 165 g/mol. The van der Waals surface area contributed by atoms with Crippen LogP contribution in [0.5, 0.6) is 0 Å². The van der Waals surface area contributed by atoms with Crippen LogP contribution in [-0.2, 0) is 14.8 Å². The first-order valence-corrected chi connectivity index (χ1v) is 4.47. The maximum absolute atomic E-state index is 10.3. The topological polar surface area (TPSA) is 69.4 Å². The molecular formula is C5H11NO3S. The molecule has 0 amide bonds. The largest absolute Gasteiger partial charge is 0.376 e. The predicted octanol–water partition coefficient (Wildman–Crippen LogP) is -0.522. The maximum atomic E-state index is 10.3. The van der Waals surface area contributed by atoms with Crippen LogP contribution in [0.2, 0.25) is 0 Å². The molecule has 4 nitrogen and oxygen atoms in total. The fourth-order valence-corrected chi connectivity index (χ4v) is 0.692. The second-order valence-electron chi connectivity index (χ2n) is 1.73. The van der Waals surface area contributed by atoms with Crippen LogP contribution in [-0.4, -0.2) is 27.4 Å². The quantitative estimate of drug-likeness (QED) is 0.440. The molecule has 0 rings (SSSR count). The molecule has 0 aromatic carbocycles. The molecule has 0 radical (unpaired) electrons. The van der Waals surface area contributed by atoms with E-state index < -0.39 is 10.0 Å². The molecule has 0 aromatic heterocycles. The number of nitrogens with two attached hydrogens (primary N) is 1. The van der Waals surface area contributed by atoms with E-state index in [-0.39, 0.29) is 12.4 Å². The minimum absolute atomic E-state index is 0.130. The lowest BCUT2D eigenvalue weighted by Gasteiger charge is -1.97. The Morgan fingerprint density at radius 2 is 2.20 bits per heavy atom. The molecule has 2 N–H and O–H groups in total. The fourth-order valence-electron chi connectivity index (χ4n) is 0.342. The van der Waals surface area contributed by atoms with Gasteiger partial charge in [0.15, 0.2) is 0 Å². The zero-order chi connectivity index (χ0) is 8.04. The third-order valence-corrected chi connectivity index (χ3v) is 1.48. The molecular weight excluding hydrogens is 154 g/mol. The Labute approximate surface area is 60.7 Å². The second-order valence-corrected chi connectivity index (χ2v) is 3.46. The van der Waals surface area contributed by atoms with Crippen LogP contribution < -0.4 is 5.14 Å². The lowest BCUT2D eigenvalue weighted by atomic mass is 10.7. The van der Waals surface area contributed by atoms with Gasteiger partial charge in [-0.3, -0.25) is 0 Å². The Morgan fingerprint density at radius 1 is 1.60 bits per heavy atom. The smallest absolute Gasteiger partial charge is 0.211 e. The Morgan fingerprint density at radius 3 is 2.60 bits per heavy atom. The molecule has 0 saturated heterocycles. The number of rotatable bonds is 5. The minimum Gasteiger partial charge on any atom is -0.376 e. The Bertz CT molecular complexity index is 185. The van der Waals surface area contributed by atoms with E-state index in [2.05, 4.69) is 11.7 Å². The van der Waals surface area contributed by atoms with Gasteiger partial charge in [-0.2, -0.15) is 0 Å². The number of ether oxygens (including phenoxy) is 1.